The Bertz CT molecular complexity index is 512. The van der Waals surface area contributed by atoms with Crippen molar-refractivity contribution in [3.05, 3.63) is 47.3 Å². The highest BCUT2D eigenvalue weighted by atomic mass is 16.4. The van der Waals surface area contributed by atoms with Gasteiger partial charge in [0.15, 0.2) is 0 Å². The number of hydrogen-bond donors (Lipinski definition) is 2. The molecule has 0 fully saturated rings. The Labute approximate surface area is 98.0 Å². The Morgan fingerprint density at radius 1 is 1.35 bits per heavy atom. The fraction of sp³-hybridized carbons (Fsp3) is 0.250. The molecule has 0 bridgehead atoms. The standard InChI is InChI=1S/C12H13NO4/c1-8-2-3-9(17-8)6-13-7-11-10(12(14)15)4-5-16-11/h2-5,13H,6-7H2,1H3,(H,14,15). The molecule has 0 aliphatic rings. The molecule has 5 heteroatoms. The minimum absolute atomic E-state index is 0.188. The first kappa shape index (κ1) is 11.5. The maximum atomic E-state index is 10.8. The number of carboxylic acid groups (broad SMARTS) is 1. The molecule has 0 atom stereocenters. The number of hydrogen-bond acceptors (Lipinski definition) is 4. The van der Waals surface area contributed by atoms with Crippen LogP contribution in [0.4, 0.5) is 0 Å². The Morgan fingerprint density at radius 2 is 2.18 bits per heavy atom. The van der Waals surface area contributed by atoms with Gasteiger partial charge in [-0.15, -0.1) is 0 Å². The van der Waals surface area contributed by atoms with E-state index in [1.807, 2.05) is 19.1 Å². The van der Waals surface area contributed by atoms with Gasteiger partial charge in [0.25, 0.3) is 0 Å². The zero-order chi connectivity index (χ0) is 12.3. The second kappa shape index (κ2) is 4.88. The molecule has 0 unspecified atom stereocenters. The van der Waals surface area contributed by atoms with E-state index in [2.05, 4.69) is 5.32 Å². The summed E-state index contributed by atoms with van der Waals surface area (Å²) in [5, 5.41) is 11.9. The van der Waals surface area contributed by atoms with E-state index in [1.54, 1.807) is 0 Å². The number of furan rings is 2. The normalized spacial score (nSPS) is 10.6. The van der Waals surface area contributed by atoms with Gasteiger partial charge >= 0.3 is 5.97 Å². The summed E-state index contributed by atoms with van der Waals surface area (Å²) >= 11 is 0. The summed E-state index contributed by atoms with van der Waals surface area (Å²) in [4.78, 5) is 10.8. The largest absolute Gasteiger partial charge is 0.478 e. The summed E-state index contributed by atoms with van der Waals surface area (Å²) in [6, 6.07) is 5.20. The lowest BCUT2D eigenvalue weighted by molar-refractivity contribution is 0.0694. The van der Waals surface area contributed by atoms with Crippen molar-refractivity contribution >= 4 is 5.97 Å². The zero-order valence-corrected chi connectivity index (χ0v) is 9.40. The first-order chi connectivity index (χ1) is 8.16. The Hall–Kier alpha value is -2.01. The predicted octanol–water partition coefficient (Wildman–Crippen LogP) is 2.17. The molecule has 0 aliphatic carbocycles. The molecule has 0 spiro atoms. The van der Waals surface area contributed by atoms with E-state index in [0.717, 1.165) is 11.5 Å². The van der Waals surface area contributed by atoms with Crippen molar-refractivity contribution in [2.45, 2.75) is 20.0 Å². The van der Waals surface area contributed by atoms with Crippen LogP contribution in [0.5, 0.6) is 0 Å². The second-order valence-corrected chi connectivity index (χ2v) is 3.68. The summed E-state index contributed by atoms with van der Waals surface area (Å²) in [6.45, 7) is 2.76. The van der Waals surface area contributed by atoms with Gasteiger partial charge < -0.3 is 19.3 Å². The molecule has 90 valence electrons. The molecule has 0 aliphatic heterocycles. The van der Waals surface area contributed by atoms with E-state index in [4.69, 9.17) is 13.9 Å². The number of rotatable bonds is 5. The molecule has 2 N–H and O–H groups in total. The van der Waals surface area contributed by atoms with Crippen LogP contribution in [0.15, 0.2) is 33.3 Å². The average molecular weight is 235 g/mol. The van der Waals surface area contributed by atoms with E-state index in [1.165, 1.54) is 12.3 Å². The maximum Gasteiger partial charge on any atom is 0.339 e. The minimum Gasteiger partial charge on any atom is -0.478 e. The molecule has 2 rings (SSSR count). The number of carbonyl (C=O) groups is 1. The van der Waals surface area contributed by atoms with Crippen LogP contribution in [0.25, 0.3) is 0 Å². The predicted molar refractivity (Wildman–Crippen MR) is 59.7 cm³/mol. The van der Waals surface area contributed by atoms with Crippen LogP contribution < -0.4 is 5.32 Å². The summed E-state index contributed by atoms with van der Waals surface area (Å²) in [6.07, 6.45) is 1.37. The van der Waals surface area contributed by atoms with Crippen molar-refractivity contribution in [1.29, 1.82) is 0 Å². The van der Waals surface area contributed by atoms with E-state index < -0.39 is 5.97 Å². The lowest BCUT2D eigenvalue weighted by Crippen LogP contribution is -2.13. The highest BCUT2D eigenvalue weighted by Crippen LogP contribution is 2.11. The maximum absolute atomic E-state index is 10.8. The Balaban J connectivity index is 1.90. The van der Waals surface area contributed by atoms with Crippen molar-refractivity contribution in [2.75, 3.05) is 0 Å². The number of nitrogens with one attached hydrogen (secondary N) is 1. The van der Waals surface area contributed by atoms with Gasteiger partial charge in [-0.3, -0.25) is 0 Å². The van der Waals surface area contributed by atoms with Crippen LogP contribution in [-0.2, 0) is 13.1 Å². The molecule has 2 aromatic rings. The van der Waals surface area contributed by atoms with Crippen LogP contribution >= 0.6 is 0 Å². The van der Waals surface area contributed by atoms with Gasteiger partial charge in [0.1, 0.15) is 22.8 Å². The quantitative estimate of drug-likeness (QED) is 0.830. The molecule has 0 saturated carbocycles. The topological polar surface area (TPSA) is 75.6 Å². The van der Waals surface area contributed by atoms with E-state index in [-0.39, 0.29) is 5.56 Å². The van der Waals surface area contributed by atoms with Crippen LogP contribution in [0.3, 0.4) is 0 Å². The van der Waals surface area contributed by atoms with Crippen LogP contribution in [0.1, 0.15) is 27.6 Å². The third kappa shape index (κ3) is 2.76. The van der Waals surface area contributed by atoms with Gasteiger partial charge in [-0.2, -0.15) is 0 Å². The first-order valence-electron chi connectivity index (χ1n) is 5.22. The summed E-state index contributed by atoms with van der Waals surface area (Å²) in [5.41, 5.74) is 0.188. The van der Waals surface area contributed by atoms with Crippen LogP contribution in [-0.4, -0.2) is 11.1 Å². The van der Waals surface area contributed by atoms with E-state index >= 15 is 0 Å². The fourth-order valence-corrected chi connectivity index (χ4v) is 1.55. The minimum atomic E-state index is -0.982. The number of aryl methyl sites for hydroxylation is 1. The first-order valence-corrected chi connectivity index (χ1v) is 5.22. The summed E-state index contributed by atoms with van der Waals surface area (Å²) in [7, 11) is 0. The van der Waals surface area contributed by atoms with E-state index in [9.17, 15) is 4.79 Å². The van der Waals surface area contributed by atoms with Gasteiger partial charge in [-0.05, 0) is 25.1 Å². The number of carboxylic acids is 1. The Morgan fingerprint density at radius 3 is 2.82 bits per heavy atom. The van der Waals surface area contributed by atoms with Gasteiger partial charge in [-0.1, -0.05) is 0 Å². The highest BCUT2D eigenvalue weighted by Gasteiger charge is 2.12. The third-order valence-corrected chi connectivity index (χ3v) is 2.36. The molecule has 17 heavy (non-hydrogen) atoms. The molecule has 0 saturated heterocycles. The lowest BCUT2D eigenvalue weighted by Gasteiger charge is -2.01. The zero-order valence-electron chi connectivity index (χ0n) is 9.40. The monoisotopic (exact) mass is 235 g/mol. The van der Waals surface area contributed by atoms with Crippen LogP contribution in [0, 0.1) is 6.92 Å². The third-order valence-electron chi connectivity index (χ3n) is 2.36. The van der Waals surface area contributed by atoms with Crippen molar-refractivity contribution in [3.8, 4) is 0 Å². The molecule has 5 nitrogen and oxygen atoms in total. The molecular weight excluding hydrogens is 222 g/mol. The molecular formula is C12H13NO4. The van der Waals surface area contributed by atoms with Crippen LogP contribution in [0.2, 0.25) is 0 Å². The number of aromatic carboxylic acids is 1. The average Bonchev–Trinajstić information content (AvgIpc) is 2.87. The second-order valence-electron chi connectivity index (χ2n) is 3.68. The molecule has 2 heterocycles. The smallest absolute Gasteiger partial charge is 0.339 e. The summed E-state index contributed by atoms with van der Waals surface area (Å²) in [5.74, 6) is 1.10. The fourth-order valence-electron chi connectivity index (χ4n) is 1.55. The summed E-state index contributed by atoms with van der Waals surface area (Å²) < 4.78 is 10.5. The molecule has 2 aromatic heterocycles. The van der Waals surface area contributed by atoms with Gasteiger partial charge in [0, 0.05) is 0 Å². The van der Waals surface area contributed by atoms with Gasteiger partial charge in [0.2, 0.25) is 0 Å². The van der Waals surface area contributed by atoms with E-state index in [0.29, 0.717) is 18.8 Å². The van der Waals surface area contributed by atoms with Gasteiger partial charge in [0.05, 0.1) is 19.4 Å². The molecule has 0 amide bonds. The molecule has 0 aromatic carbocycles. The van der Waals surface area contributed by atoms with Crippen molar-refractivity contribution in [2.24, 2.45) is 0 Å². The van der Waals surface area contributed by atoms with Crippen molar-refractivity contribution in [1.82, 2.24) is 5.32 Å². The lowest BCUT2D eigenvalue weighted by atomic mass is 10.2. The van der Waals surface area contributed by atoms with Crippen molar-refractivity contribution in [3.63, 3.8) is 0 Å². The molecule has 0 radical (unpaired) electrons. The van der Waals surface area contributed by atoms with Gasteiger partial charge in [-0.25, -0.2) is 4.79 Å². The Kier molecular flexibility index (Phi) is 3.30. The van der Waals surface area contributed by atoms with Crippen molar-refractivity contribution < 1.29 is 18.7 Å². The highest BCUT2D eigenvalue weighted by molar-refractivity contribution is 5.88. The SMILES string of the molecule is Cc1ccc(CNCc2occc2C(=O)O)o1.